The molecule has 1 aliphatic rings. The van der Waals surface area contributed by atoms with E-state index in [1.165, 1.54) is 11.8 Å². The van der Waals surface area contributed by atoms with Crippen molar-refractivity contribution in [1.82, 2.24) is 20.2 Å². The molecule has 0 bridgehead atoms. The first-order chi connectivity index (χ1) is 10.1. The first kappa shape index (κ1) is 16.2. The molecule has 1 aliphatic heterocycles. The second-order valence-electron chi connectivity index (χ2n) is 5.51. The molecule has 1 aromatic rings. The van der Waals surface area contributed by atoms with Crippen LogP contribution in [0.2, 0.25) is 0 Å². The van der Waals surface area contributed by atoms with Gasteiger partial charge in [0.05, 0.1) is 19.0 Å². The molecule has 0 atom stereocenters. The number of hydrogen-bond acceptors (Lipinski definition) is 6. The van der Waals surface area contributed by atoms with Crippen molar-refractivity contribution in [2.24, 2.45) is 0 Å². The van der Waals surface area contributed by atoms with Gasteiger partial charge in [-0.25, -0.2) is 9.97 Å². The van der Waals surface area contributed by atoms with Gasteiger partial charge in [-0.3, -0.25) is 9.69 Å². The Balaban J connectivity index is 1.72. The average molecular weight is 310 g/mol. The van der Waals surface area contributed by atoms with Crippen LogP contribution in [0.15, 0.2) is 23.6 Å². The molecule has 1 saturated heterocycles. The van der Waals surface area contributed by atoms with Crippen LogP contribution in [-0.4, -0.2) is 64.9 Å². The molecule has 0 unspecified atom stereocenters. The van der Waals surface area contributed by atoms with Crippen LogP contribution in [0.4, 0.5) is 0 Å². The van der Waals surface area contributed by atoms with Crippen molar-refractivity contribution in [1.29, 1.82) is 0 Å². The minimum absolute atomic E-state index is 0.00814. The summed E-state index contributed by atoms with van der Waals surface area (Å²) in [7, 11) is 0. The summed E-state index contributed by atoms with van der Waals surface area (Å²) in [4.78, 5) is 22.4. The molecular formula is C14H22N4O2S. The van der Waals surface area contributed by atoms with E-state index < -0.39 is 0 Å². The van der Waals surface area contributed by atoms with Crippen molar-refractivity contribution in [2.75, 3.05) is 38.6 Å². The smallest absolute Gasteiger partial charge is 0.230 e. The second kappa shape index (κ2) is 7.72. The topological polar surface area (TPSA) is 67.4 Å². The largest absolute Gasteiger partial charge is 0.379 e. The van der Waals surface area contributed by atoms with Crippen molar-refractivity contribution in [2.45, 2.75) is 24.5 Å². The van der Waals surface area contributed by atoms with Crippen molar-refractivity contribution in [3.8, 4) is 0 Å². The maximum atomic E-state index is 11.9. The fourth-order valence-corrected chi connectivity index (χ4v) is 2.77. The fraction of sp³-hybridized carbons (Fsp3) is 0.643. The first-order valence-electron chi connectivity index (χ1n) is 7.07. The van der Waals surface area contributed by atoms with Gasteiger partial charge in [0, 0.05) is 37.6 Å². The number of nitrogens with zero attached hydrogens (tertiary/aromatic N) is 3. The lowest BCUT2D eigenvalue weighted by Gasteiger charge is -2.40. The van der Waals surface area contributed by atoms with Crippen molar-refractivity contribution in [3.05, 3.63) is 18.5 Å². The Morgan fingerprint density at radius 2 is 2.05 bits per heavy atom. The Morgan fingerprint density at radius 3 is 2.71 bits per heavy atom. The number of thioether (sulfide) groups is 1. The van der Waals surface area contributed by atoms with Gasteiger partial charge < -0.3 is 10.1 Å². The molecule has 0 spiro atoms. The van der Waals surface area contributed by atoms with E-state index in [2.05, 4.69) is 34.0 Å². The number of amides is 1. The zero-order chi connectivity index (χ0) is 15.1. The lowest BCUT2D eigenvalue weighted by molar-refractivity contribution is -0.119. The van der Waals surface area contributed by atoms with Gasteiger partial charge in [-0.1, -0.05) is 11.8 Å². The predicted molar refractivity (Wildman–Crippen MR) is 82.2 cm³/mol. The number of hydrogen-bond donors (Lipinski definition) is 1. The number of carbonyl (C=O) groups excluding carboxylic acids is 1. The number of nitrogens with one attached hydrogen (secondary N) is 1. The van der Waals surface area contributed by atoms with Crippen molar-refractivity contribution < 1.29 is 9.53 Å². The summed E-state index contributed by atoms with van der Waals surface area (Å²) in [6.45, 7) is 8.27. The van der Waals surface area contributed by atoms with E-state index in [4.69, 9.17) is 4.74 Å². The maximum absolute atomic E-state index is 11.9. The van der Waals surface area contributed by atoms with Crippen molar-refractivity contribution >= 4 is 17.7 Å². The summed E-state index contributed by atoms with van der Waals surface area (Å²) < 4.78 is 5.36. The van der Waals surface area contributed by atoms with Crippen LogP contribution in [-0.2, 0) is 9.53 Å². The Bertz CT molecular complexity index is 450. The molecule has 1 fully saturated rings. The standard InChI is InChI=1S/C14H22N4O2S/c1-14(2,18-6-8-20-9-7-18)11-17-12(19)10-21-13-15-4-3-5-16-13/h3-5H,6-11H2,1-2H3,(H,17,19). The molecule has 1 amide bonds. The molecule has 1 aromatic heterocycles. The Labute approximate surface area is 129 Å². The molecule has 0 aromatic carbocycles. The quantitative estimate of drug-likeness (QED) is 0.619. The highest BCUT2D eigenvalue weighted by atomic mass is 32.2. The van der Waals surface area contributed by atoms with Crippen LogP contribution in [0.5, 0.6) is 0 Å². The maximum Gasteiger partial charge on any atom is 0.230 e. The Morgan fingerprint density at radius 1 is 1.38 bits per heavy atom. The summed E-state index contributed by atoms with van der Waals surface area (Å²) in [6, 6.07) is 1.76. The van der Waals surface area contributed by atoms with Gasteiger partial charge >= 0.3 is 0 Å². The number of rotatable bonds is 6. The van der Waals surface area contributed by atoms with Gasteiger partial charge in [-0.05, 0) is 19.9 Å². The van der Waals surface area contributed by atoms with E-state index in [1.807, 2.05) is 0 Å². The monoisotopic (exact) mass is 310 g/mol. The molecule has 1 N–H and O–H groups in total. The number of carbonyl (C=O) groups is 1. The SMILES string of the molecule is CC(C)(CNC(=O)CSc1ncccn1)N1CCOCC1. The first-order valence-corrected chi connectivity index (χ1v) is 8.06. The molecule has 0 aliphatic carbocycles. The van der Waals surface area contributed by atoms with E-state index in [9.17, 15) is 4.79 Å². The molecule has 0 saturated carbocycles. The highest BCUT2D eigenvalue weighted by Gasteiger charge is 2.28. The highest BCUT2D eigenvalue weighted by Crippen LogP contribution is 2.15. The van der Waals surface area contributed by atoms with Crippen LogP contribution in [0, 0.1) is 0 Å². The minimum Gasteiger partial charge on any atom is -0.379 e. The zero-order valence-corrected chi connectivity index (χ0v) is 13.4. The molecule has 0 radical (unpaired) electrons. The van der Waals surface area contributed by atoms with Gasteiger partial charge in [0.25, 0.3) is 0 Å². The molecule has 6 nitrogen and oxygen atoms in total. The Hall–Kier alpha value is -1.18. The van der Waals surface area contributed by atoms with Gasteiger partial charge in [0.1, 0.15) is 0 Å². The van der Waals surface area contributed by atoms with Crippen LogP contribution < -0.4 is 5.32 Å². The van der Waals surface area contributed by atoms with E-state index in [-0.39, 0.29) is 11.4 Å². The fourth-order valence-electron chi connectivity index (χ4n) is 2.14. The summed E-state index contributed by atoms with van der Waals surface area (Å²) in [6.07, 6.45) is 3.35. The van der Waals surface area contributed by atoms with Gasteiger partial charge in [-0.15, -0.1) is 0 Å². The lowest BCUT2D eigenvalue weighted by atomic mass is 10.0. The predicted octanol–water partition coefficient (Wildman–Crippen LogP) is 0.796. The summed E-state index contributed by atoms with van der Waals surface area (Å²) >= 11 is 1.35. The average Bonchev–Trinajstić information content (AvgIpc) is 2.53. The number of aromatic nitrogens is 2. The van der Waals surface area contributed by atoms with Crippen LogP contribution >= 0.6 is 11.8 Å². The summed E-state index contributed by atoms with van der Waals surface area (Å²) in [5, 5.41) is 3.62. The molecule has 116 valence electrons. The van der Waals surface area contributed by atoms with E-state index in [1.54, 1.807) is 18.5 Å². The highest BCUT2D eigenvalue weighted by molar-refractivity contribution is 7.99. The van der Waals surface area contributed by atoms with Gasteiger partial charge in [0.2, 0.25) is 5.91 Å². The number of morpholine rings is 1. The van der Waals surface area contributed by atoms with Gasteiger partial charge in [-0.2, -0.15) is 0 Å². The third-order valence-corrected chi connectivity index (χ3v) is 4.34. The normalized spacial score (nSPS) is 16.7. The zero-order valence-electron chi connectivity index (χ0n) is 12.5. The summed E-state index contributed by atoms with van der Waals surface area (Å²) in [5.41, 5.74) is -0.0621. The molecular weight excluding hydrogens is 288 g/mol. The van der Waals surface area contributed by atoms with Crippen molar-refractivity contribution in [3.63, 3.8) is 0 Å². The minimum atomic E-state index is -0.0621. The van der Waals surface area contributed by atoms with Gasteiger partial charge in [0.15, 0.2) is 5.16 Å². The lowest BCUT2D eigenvalue weighted by Crippen LogP contribution is -2.55. The third kappa shape index (κ3) is 5.26. The van der Waals surface area contributed by atoms with E-state index in [0.717, 1.165) is 26.3 Å². The molecule has 2 rings (SSSR count). The van der Waals surface area contributed by atoms with E-state index in [0.29, 0.717) is 17.5 Å². The molecule has 7 heteroatoms. The summed E-state index contributed by atoms with van der Waals surface area (Å²) in [5.74, 6) is 0.345. The number of ether oxygens (including phenoxy) is 1. The molecule has 2 heterocycles. The van der Waals surface area contributed by atoms with Crippen LogP contribution in [0.25, 0.3) is 0 Å². The Kier molecular flexibility index (Phi) is 5.96. The van der Waals surface area contributed by atoms with Crippen LogP contribution in [0.1, 0.15) is 13.8 Å². The van der Waals surface area contributed by atoms with E-state index >= 15 is 0 Å². The molecule has 21 heavy (non-hydrogen) atoms. The third-order valence-electron chi connectivity index (χ3n) is 3.46. The van der Waals surface area contributed by atoms with Crippen LogP contribution in [0.3, 0.4) is 0 Å². The second-order valence-corrected chi connectivity index (χ2v) is 6.45.